The van der Waals surface area contributed by atoms with Crippen LogP contribution in [0.3, 0.4) is 0 Å². The molecule has 0 aliphatic rings. The highest BCUT2D eigenvalue weighted by Gasteiger charge is 2.16. The van der Waals surface area contributed by atoms with E-state index in [1.807, 2.05) is 0 Å². The maximum Gasteiger partial charge on any atom is 0.254 e. The second-order valence-electron chi connectivity index (χ2n) is 2.30. The van der Waals surface area contributed by atoms with Crippen LogP contribution in [0.4, 0.5) is 0 Å². The Morgan fingerprint density at radius 1 is 1.36 bits per heavy atom. The summed E-state index contributed by atoms with van der Waals surface area (Å²) in [7, 11) is -3.94. The van der Waals surface area contributed by atoms with Crippen molar-refractivity contribution in [3.05, 3.63) is 24.3 Å². The van der Waals surface area contributed by atoms with Crippen LogP contribution in [0.1, 0.15) is 0 Å². The van der Waals surface area contributed by atoms with Crippen LogP contribution in [-0.4, -0.2) is 17.2 Å². The molecule has 1 aromatic rings. The third kappa shape index (κ3) is 2.16. The first kappa shape index (κ1) is 11.3. The first-order chi connectivity index (χ1) is 6.49. The Bertz CT molecular complexity index is 457. The number of nitrogens with two attached hydrogens (primary N) is 1. The second kappa shape index (κ2) is 4.15. The number of rotatable bonds is 3. The Labute approximate surface area is 83.4 Å². The van der Waals surface area contributed by atoms with Gasteiger partial charge in [0, 0.05) is 4.90 Å². The van der Waals surface area contributed by atoms with E-state index in [0.717, 1.165) is 6.07 Å². The number of benzene rings is 1. The summed E-state index contributed by atoms with van der Waals surface area (Å²) in [5, 5.41) is 0. The molecule has 1 unspecified atom stereocenters. The van der Waals surface area contributed by atoms with Gasteiger partial charge in [0.2, 0.25) is 0 Å². The van der Waals surface area contributed by atoms with E-state index in [4.69, 9.17) is 5.84 Å². The van der Waals surface area contributed by atoms with Gasteiger partial charge in [-0.05, 0) is 23.2 Å². The average molecular weight is 235 g/mol. The zero-order chi connectivity index (χ0) is 10.8. The molecule has 78 valence electrons. The van der Waals surface area contributed by atoms with Crippen molar-refractivity contribution >= 4 is 21.1 Å². The summed E-state index contributed by atoms with van der Waals surface area (Å²) >= 11 is -2.61. The van der Waals surface area contributed by atoms with Gasteiger partial charge in [-0.2, -0.15) is 4.83 Å². The quantitative estimate of drug-likeness (QED) is 0.399. The lowest BCUT2D eigenvalue weighted by Crippen LogP contribution is -2.30. The summed E-state index contributed by atoms with van der Waals surface area (Å²) in [4.78, 5) is 0.872. The number of hydrazine groups is 1. The third-order valence-corrected chi connectivity index (χ3v) is 3.56. The van der Waals surface area contributed by atoms with Gasteiger partial charge in [-0.25, -0.2) is 8.42 Å². The van der Waals surface area contributed by atoms with Crippen molar-refractivity contribution in [1.82, 2.24) is 4.83 Å². The minimum Gasteiger partial charge on any atom is -0.768 e. The molecule has 1 atom stereocenters. The van der Waals surface area contributed by atoms with Gasteiger partial charge in [-0.3, -0.25) is 10.1 Å². The first-order valence-electron chi connectivity index (χ1n) is 3.40. The molecule has 0 fully saturated rings. The summed E-state index contributed by atoms with van der Waals surface area (Å²) in [6.07, 6.45) is 0. The molecule has 14 heavy (non-hydrogen) atoms. The molecule has 0 radical (unpaired) electrons. The Balaban J connectivity index is 3.42. The molecule has 0 spiro atoms. The zero-order valence-electron chi connectivity index (χ0n) is 6.84. The van der Waals surface area contributed by atoms with Crippen LogP contribution in [0, 0.1) is 0 Å². The summed E-state index contributed by atoms with van der Waals surface area (Å²) in [5.41, 5.74) is 0. The molecule has 8 heteroatoms. The topological polar surface area (TPSA) is 112 Å². The molecule has 3 N–H and O–H groups in total. The Morgan fingerprint density at radius 3 is 2.43 bits per heavy atom. The van der Waals surface area contributed by atoms with E-state index in [1.165, 1.54) is 18.2 Å². The molecule has 0 saturated heterocycles. The van der Waals surface area contributed by atoms with Crippen molar-refractivity contribution < 1.29 is 17.2 Å². The average Bonchev–Trinajstić information content (AvgIpc) is 2.18. The van der Waals surface area contributed by atoms with Gasteiger partial charge in [-0.1, -0.05) is 12.1 Å². The standard InChI is InChI=1S/C6H8N2O4S2/c7-8-14(11,12)6-4-2-1-3-5(6)13(9)10/h1-4,8H,7H2,(H,9,10)/p-1. The normalized spacial score (nSPS) is 13.9. The number of hydrogen-bond acceptors (Lipinski definition) is 5. The summed E-state index contributed by atoms with van der Waals surface area (Å²) in [6, 6.07) is 5.15. The van der Waals surface area contributed by atoms with E-state index in [9.17, 15) is 17.2 Å². The van der Waals surface area contributed by atoms with Gasteiger partial charge in [0.05, 0.1) is 4.90 Å². The van der Waals surface area contributed by atoms with Gasteiger partial charge < -0.3 is 4.55 Å². The molecule has 0 heterocycles. The molecule has 0 aliphatic carbocycles. The Hall–Kier alpha value is -0.800. The molecule has 0 aromatic heterocycles. The molecular weight excluding hydrogens is 228 g/mol. The maximum absolute atomic E-state index is 11.2. The molecule has 1 rings (SSSR count). The van der Waals surface area contributed by atoms with Crippen LogP contribution in [0.2, 0.25) is 0 Å². The number of nitrogens with one attached hydrogen (secondary N) is 1. The lowest BCUT2D eigenvalue weighted by Gasteiger charge is -2.10. The van der Waals surface area contributed by atoms with E-state index in [0.29, 0.717) is 0 Å². The highest BCUT2D eigenvalue weighted by atomic mass is 32.2. The second-order valence-corrected chi connectivity index (χ2v) is 4.89. The highest BCUT2D eigenvalue weighted by molar-refractivity contribution is 7.90. The molecule has 6 nitrogen and oxygen atoms in total. The largest absolute Gasteiger partial charge is 0.768 e. The van der Waals surface area contributed by atoms with Crippen LogP contribution >= 0.6 is 0 Å². The predicted molar refractivity (Wildman–Crippen MR) is 48.1 cm³/mol. The zero-order valence-corrected chi connectivity index (χ0v) is 8.47. The Kier molecular flexibility index (Phi) is 3.34. The minimum absolute atomic E-state index is 0.314. The summed E-state index contributed by atoms with van der Waals surface area (Å²) < 4.78 is 43.7. The van der Waals surface area contributed by atoms with Crippen LogP contribution in [0.25, 0.3) is 0 Å². The highest BCUT2D eigenvalue weighted by Crippen LogP contribution is 2.16. The fourth-order valence-electron chi connectivity index (χ4n) is 0.873. The van der Waals surface area contributed by atoms with Gasteiger partial charge in [0.15, 0.2) is 0 Å². The van der Waals surface area contributed by atoms with E-state index < -0.39 is 21.1 Å². The van der Waals surface area contributed by atoms with Gasteiger partial charge in [0.1, 0.15) is 0 Å². The van der Waals surface area contributed by atoms with Gasteiger partial charge >= 0.3 is 0 Å². The summed E-state index contributed by atoms with van der Waals surface area (Å²) in [5.74, 6) is 4.77. The van der Waals surface area contributed by atoms with Crippen LogP contribution in [-0.2, 0) is 21.1 Å². The third-order valence-electron chi connectivity index (χ3n) is 1.47. The van der Waals surface area contributed by atoms with E-state index in [1.54, 1.807) is 4.83 Å². The molecule has 0 saturated carbocycles. The van der Waals surface area contributed by atoms with Crippen LogP contribution in [0.15, 0.2) is 34.1 Å². The van der Waals surface area contributed by atoms with Crippen molar-refractivity contribution in [3.8, 4) is 0 Å². The van der Waals surface area contributed by atoms with Gasteiger partial charge in [-0.15, -0.1) is 0 Å². The minimum atomic E-state index is -3.94. The van der Waals surface area contributed by atoms with Crippen LogP contribution < -0.4 is 10.7 Å². The number of hydrogen-bond donors (Lipinski definition) is 2. The molecule has 0 aliphatic heterocycles. The van der Waals surface area contributed by atoms with Crippen molar-refractivity contribution in [1.29, 1.82) is 0 Å². The van der Waals surface area contributed by atoms with E-state index >= 15 is 0 Å². The van der Waals surface area contributed by atoms with Crippen molar-refractivity contribution in [2.24, 2.45) is 5.84 Å². The predicted octanol–water partition coefficient (Wildman–Crippen LogP) is -0.923. The Morgan fingerprint density at radius 2 is 1.93 bits per heavy atom. The molecule has 0 bridgehead atoms. The van der Waals surface area contributed by atoms with Crippen molar-refractivity contribution in [2.45, 2.75) is 9.79 Å². The molecular formula is C6H7N2O4S2-. The fourth-order valence-corrected chi connectivity index (χ4v) is 2.55. The van der Waals surface area contributed by atoms with Gasteiger partial charge in [0.25, 0.3) is 10.0 Å². The van der Waals surface area contributed by atoms with Crippen molar-refractivity contribution in [3.63, 3.8) is 0 Å². The lowest BCUT2D eigenvalue weighted by atomic mass is 10.4. The SMILES string of the molecule is NNS(=O)(=O)c1ccccc1S(=O)[O-]. The lowest BCUT2D eigenvalue weighted by molar-refractivity contribution is 0.532. The maximum atomic E-state index is 11.2. The smallest absolute Gasteiger partial charge is 0.254 e. The first-order valence-corrected chi connectivity index (χ1v) is 5.95. The fraction of sp³-hybridized carbons (Fsp3) is 0. The number of sulfonamides is 1. The molecule has 0 amide bonds. The van der Waals surface area contributed by atoms with E-state index in [2.05, 4.69) is 0 Å². The van der Waals surface area contributed by atoms with Crippen molar-refractivity contribution in [2.75, 3.05) is 0 Å². The molecule has 1 aromatic carbocycles. The monoisotopic (exact) mass is 235 g/mol. The summed E-state index contributed by atoms with van der Waals surface area (Å²) in [6.45, 7) is 0. The van der Waals surface area contributed by atoms with Crippen LogP contribution in [0.5, 0.6) is 0 Å². The van der Waals surface area contributed by atoms with E-state index in [-0.39, 0.29) is 9.79 Å².